The number of carboxylic acids is 1. The van der Waals surface area contributed by atoms with Crippen LogP contribution in [-0.4, -0.2) is 35.5 Å². The number of urea groups is 1. The van der Waals surface area contributed by atoms with E-state index in [0.29, 0.717) is 6.54 Å². The summed E-state index contributed by atoms with van der Waals surface area (Å²) in [7, 11) is 0. The highest BCUT2D eigenvalue weighted by Crippen LogP contribution is 2.04. The van der Waals surface area contributed by atoms with E-state index in [1.165, 1.54) is 0 Å². The molecule has 0 saturated carbocycles. The van der Waals surface area contributed by atoms with Crippen LogP contribution in [0.15, 0.2) is 0 Å². The van der Waals surface area contributed by atoms with Crippen molar-refractivity contribution in [3.8, 4) is 12.3 Å². The van der Waals surface area contributed by atoms with Crippen molar-refractivity contribution in [3.05, 3.63) is 0 Å². The zero-order chi connectivity index (χ0) is 14.7. The first-order chi connectivity index (χ1) is 9.01. The van der Waals surface area contributed by atoms with E-state index in [-0.39, 0.29) is 31.5 Å². The molecule has 0 radical (unpaired) electrons. The summed E-state index contributed by atoms with van der Waals surface area (Å²) in [5.41, 5.74) is 0. The Balaban J connectivity index is 4.39. The highest BCUT2D eigenvalue weighted by atomic mass is 16.4. The Hall–Kier alpha value is -2.03. The van der Waals surface area contributed by atoms with Gasteiger partial charge in [0.2, 0.25) is 0 Å². The number of ketones is 1. The predicted molar refractivity (Wildman–Crippen MR) is 70.6 cm³/mol. The van der Waals surface area contributed by atoms with Crippen molar-refractivity contribution in [1.82, 2.24) is 10.6 Å². The van der Waals surface area contributed by atoms with Gasteiger partial charge in [-0.05, 0) is 12.8 Å². The van der Waals surface area contributed by atoms with E-state index in [1.807, 2.05) is 6.92 Å². The van der Waals surface area contributed by atoms with Gasteiger partial charge in [-0.2, -0.15) is 0 Å². The molecule has 0 aromatic carbocycles. The van der Waals surface area contributed by atoms with Crippen molar-refractivity contribution < 1.29 is 19.5 Å². The molecule has 0 bridgehead atoms. The molecule has 0 spiro atoms. The summed E-state index contributed by atoms with van der Waals surface area (Å²) in [6.45, 7) is 2.40. The average molecular weight is 268 g/mol. The Bertz CT molecular complexity index is 360. The number of carbonyl (C=O) groups is 3. The lowest BCUT2D eigenvalue weighted by Crippen LogP contribution is -2.46. The summed E-state index contributed by atoms with van der Waals surface area (Å²) in [4.78, 5) is 33.8. The molecule has 1 unspecified atom stereocenters. The molecular weight excluding hydrogens is 248 g/mol. The monoisotopic (exact) mass is 268 g/mol. The number of carboxylic acid groups (broad SMARTS) is 1. The minimum absolute atomic E-state index is 0.0677. The lowest BCUT2D eigenvalue weighted by atomic mass is 10.0. The van der Waals surface area contributed by atoms with Gasteiger partial charge in [0.1, 0.15) is 0 Å². The maximum absolute atomic E-state index is 11.8. The molecule has 3 N–H and O–H groups in total. The van der Waals surface area contributed by atoms with E-state index in [0.717, 1.165) is 6.42 Å². The number of hydrogen-bond acceptors (Lipinski definition) is 3. The predicted octanol–water partition coefficient (Wildman–Crippen LogP) is 0.911. The van der Waals surface area contributed by atoms with Crippen LogP contribution in [0.25, 0.3) is 0 Å². The van der Waals surface area contributed by atoms with Gasteiger partial charge in [0.25, 0.3) is 0 Å². The summed E-state index contributed by atoms with van der Waals surface area (Å²) in [6, 6.07) is -1.27. The molecule has 106 valence electrons. The fraction of sp³-hybridized carbons (Fsp3) is 0.615. The topological polar surface area (TPSA) is 95.5 Å². The molecule has 19 heavy (non-hydrogen) atoms. The van der Waals surface area contributed by atoms with Gasteiger partial charge >= 0.3 is 12.0 Å². The molecule has 6 nitrogen and oxygen atoms in total. The second-order valence-corrected chi connectivity index (χ2v) is 4.06. The van der Waals surface area contributed by atoms with E-state index in [9.17, 15) is 14.4 Å². The molecule has 0 aliphatic carbocycles. The van der Waals surface area contributed by atoms with Gasteiger partial charge in [-0.3, -0.25) is 9.59 Å². The van der Waals surface area contributed by atoms with Gasteiger partial charge in [0.05, 0.1) is 6.04 Å². The molecular formula is C13H20N2O4. The van der Waals surface area contributed by atoms with Crippen molar-refractivity contribution in [2.45, 2.75) is 45.1 Å². The number of aliphatic carboxylic acids is 1. The zero-order valence-corrected chi connectivity index (χ0v) is 11.1. The molecule has 0 aliphatic heterocycles. The molecule has 1 atom stereocenters. The molecule has 2 amide bonds. The Labute approximate surface area is 112 Å². The summed E-state index contributed by atoms with van der Waals surface area (Å²) in [5, 5.41) is 13.7. The summed E-state index contributed by atoms with van der Waals surface area (Å²) >= 11 is 0. The number of hydrogen-bond donors (Lipinski definition) is 3. The number of carbonyl (C=O) groups excluding carboxylic acids is 2. The van der Waals surface area contributed by atoms with Crippen LogP contribution in [0.4, 0.5) is 4.79 Å². The van der Waals surface area contributed by atoms with Gasteiger partial charge in [-0.1, -0.05) is 6.92 Å². The summed E-state index contributed by atoms with van der Waals surface area (Å²) in [5.74, 6) is 1.09. The minimum atomic E-state index is -1.01. The lowest BCUT2D eigenvalue weighted by molar-refractivity contribution is -0.137. The van der Waals surface area contributed by atoms with E-state index in [1.54, 1.807) is 0 Å². The fourth-order valence-corrected chi connectivity index (χ4v) is 1.40. The van der Waals surface area contributed by atoms with E-state index < -0.39 is 18.0 Å². The van der Waals surface area contributed by atoms with Crippen molar-refractivity contribution in [2.24, 2.45) is 0 Å². The normalized spacial score (nSPS) is 11.2. The quantitative estimate of drug-likeness (QED) is 0.542. The van der Waals surface area contributed by atoms with Crippen molar-refractivity contribution >= 4 is 17.8 Å². The Kier molecular flexibility index (Phi) is 8.88. The van der Waals surface area contributed by atoms with Crippen LogP contribution < -0.4 is 10.6 Å². The number of Topliss-reactive ketones (excluding diaryl/α,β-unsaturated/α-hetero) is 1. The maximum atomic E-state index is 11.8. The molecule has 6 heteroatoms. The molecule has 0 fully saturated rings. The average Bonchev–Trinajstić information content (AvgIpc) is 2.38. The van der Waals surface area contributed by atoms with Crippen LogP contribution in [0.3, 0.4) is 0 Å². The highest BCUT2D eigenvalue weighted by molar-refractivity contribution is 5.89. The van der Waals surface area contributed by atoms with Crippen molar-refractivity contribution in [3.63, 3.8) is 0 Å². The third kappa shape index (κ3) is 8.66. The standard InChI is InChI=1S/C13H20N2O4/c1-3-5-6-11(16)10(7-8-12(17)18)15-13(19)14-9-4-2/h1,10H,4-9H2,2H3,(H,17,18)(H2,14,15,19). The van der Waals surface area contributed by atoms with Crippen LogP contribution >= 0.6 is 0 Å². The molecule has 0 aromatic heterocycles. The number of amides is 2. The highest BCUT2D eigenvalue weighted by Gasteiger charge is 2.20. The first-order valence-corrected chi connectivity index (χ1v) is 6.23. The van der Waals surface area contributed by atoms with Gasteiger partial charge in [0.15, 0.2) is 5.78 Å². The lowest BCUT2D eigenvalue weighted by Gasteiger charge is -2.17. The third-order valence-corrected chi connectivity index (χ3v) is 2.39. The molecule has 0 aliphatic rings. The van der Waals surface area contributed by atoms with Crippen LogP contribution in [0, 0.1) is 12.3 Å². The third-order valence-electron chi connectivity index (χ3n) is 2.39. The minimum Gasteiger partial charge on any atom is -0.481 e. The van der Waals surface area contributed by atoms with E-state index >= 15 is 0 Å². The van der Waals surface area contributed by atoms with Gasteiger partial charge in [-0.15, -0.1) is 12.3 Å². The molecule has 0 rings (SSSR count). The number of terminal acetylenes is 1. The van der Waals surface area contributed by atoms with Crippen molar-refractivity contribution in [1.29, 1.82) is 0 Å². The fourth-order valence-electron chi connectivity index (χ4n) is 1.40. The Morgan fingerprint density at radius 1 is 1.32 bits per heavy atom. The number of nitrogens with one attached hydrogen (secondary N) is 2. The van der Waals surface area contributed by atoms with Crippen molar-refractivity contribution in [2.75, 3.05) is 6.54 Å². The Morgan fingerprint density at radius 2 is 2.00 bits per heavy atom. The maximum Gasteiger partial charge on any atom is 0.315 e. The number of rotatable bonds is 9. The Morgan fingerprint density at radius 3 is 2.53 bits per heavy atom. The second-order valence-electron chi connectivity index (χ2n) is 4.06. The SMILES string of the molecule is C#CCCC(=O)C(CCC(=O)O)NC(=O)NCCC. The van der Waals surface area contributed by atoms with Crippen LogP contribution in [0.5, 0.6) is 0 Å². The van der Waals surface area contributed by atoms with E-state index in [2.05, 4.69) is 16.6 Å². The first-order valence-electron chi connectivity index (χ1n) is 6.23. The summed E-state index contributed by atoms with van der Waals surface area (Å²) in [6.07, 6.45) is 6.15. The first kappa shape index (κ1) is 17.0. The van der Waals surface area contributed by atoms with Gasteiger partial charge < -0.3 is 15.7 Å². The van der Waals surface area contributed by atoms with Gasteiger partial charge in [-0.25, -0.2) is 4.79 Å². The van der Waals surface area contributed by atoms with Crippen LogP contribution in [-0.2, 0) is 9.59 Å². The second kappa shape index (κ2) is 9.95. The molecule has 0 heterocycles. The molecule has 0 aromatic rings. The van der Waals surface area contributed by atoms with Crippen LogP contribution in [0.2, 0.25) is 0 Å². The zero-order valence-electron chi connectivity index (χ0n) is 11.1. The smallest absolute Gasteiger partial charge is 0.315 e. The van der Waals surface area contributed by atoms with E-state index in [4.69, 9.17) is 11.5 Å². The summed E-state index contributed by atoms with van der Waals surface area (Å²) < 4.78 is 0. The van der Waals surface area contributed by atoms with Crippen LogP contribution in [0.1, 0.15) is 39.0 Å². The molecule has 0 saturated heterocycles. The van der Waals surface area contributed by atoms with Gasteiger partial charge in [0, 0.05) is 25.8 Å². The largest absolute Gasteiger partial charge is 0.481 e.